The summed E-state index contributed by atoms with van der Waals surface area (Å²) in [5, 5.41) is 8.55. The van der Waals surface area contributed by atoms with Crippen LogP contribution in [0.15, 0.2) is 164 Å². The maximum absolute atomic E-state index is 4.44. The summed E-state index contributed by atoms with van der Waals surface area (Å²) in [4.78, 5) is 4.44. The first-order valence-electron chi connectivity index (χ1n) is 13.9. The van der Waals surface area contributed by atoms with E-state index in [-0.39, 0.29) is 0 Å². The van der Waals surface area contributed by atoms with Crippen molar-refractivity contribution in [3.63, 3.8) is 0 Å². The molecular formula is C39H27NSi. The summed E-state index contributed by atoms with van der Waals surface area (Å²) in [6.07, 6.45) is 3.78. The molecular weight excluding hydrogens is 511 g/mol. The third kappa shape index (κ3) is 4.34. The van der Waals surface area contributed by atoms with Crippen molar-refractivity contribution in [3.8, 4) is 22.6 Å². The summed E-state index contributed by atoms with van der Waals surface area (Å²) in [6, 6.07) is 54.1. The molecule has 0 aliphatic carbocycles. The molecule has 0 aliphatic rings. The fourth-order valence-electron chi connectivity index (χ4n) is 6.02. The molecule has 0 saturated carbocycles. The summed E-state index contributed by atoms with van der Waals surface area (Å²) in [5.41, 5.74) is 7.40. The molecule has 192 valence electrons. The Bertz CT molecular complexity index is 1870. The summed E-state index contributed by atoms with van der Waals surface area (Å²) in [7, 11) is -2.73. The molecule has 41 heavy (non-hydrogen) atoms. The van der Waals surface area contributed by atoms with Crippen LogP contribution in [0.3, 0.4) is 0 Å². The first-order valence-corrected chi connectivity index (χ1v) is 15.9. The second kappa shape index (κ2) is 10.7. The van der Waals surface area contributed by atoms with Crippen molar-refractivity contribution >= 4 is 45.2 Å². The van der Waals surface area contributed by atoms with Gasteiger partial charge in [0.15, 0.2) is 0 Å². The predicted octanol–water partition coefficient (Wildman–Crippen LogP) is 7.12. The van der Waals surface area contributed by atoms with Gasteiger partial charge in [-0.25, -0.2) is 0 Å². The normalized spacial score (nSPS) is 11.2. The molecule has 0 spiro atoms. The Kier molecular flexibility index (Phi) is 6.49. The van der Waals surface area contributed by atoms with Gasteiger partial charge in [0.25, 0.3) is 0 Å². The topological polar surface area (TPSA) is 12.9 Å². The number of pyridine rings is 1. The fraction of sp³-hybridized carbons (Fsp3) is 0. The van der Waals surface area contributed by atoms with E-state index < -0.39 is 8.07 Å². The highest BCUT2D eigenvalue weighted by Gasteiger charge is 2.38. The van der Waals surface area contributed by atoms with Crippen molar-refractivity contribution < 1.29 is 0 Å². The molecule has 2 heteroatoms. The number of nitrogens with zero attached hydrogens (tertiary/aromatic N) is 1. The Morgan fingerprint density at radius 2 is 0.878 bits per heavy atom. The number of rotatable bonds is 4. The lowest BCUT2D eigenvalue weighted by Crippen LogP contribution is -2.66. The quantitative estimate of drug-likeness (QED) is 0.101. The van der Waals surface area contributed by atoms with E-state index in [9.17, 15) is 0 Å². The molecule has 0 N–H and O–H groups in total. The minimum atomic E-state index is -2.73. The fourth-order valence-corrected chi connectivity index (χ4v) is 9.84. The minimum absolute atomic E-state index is 1.07. The number of hydrogen-bond donors (Lipinski definition) is 0. The third-order valence-electron chi connectivity index (χ3n) is 7.88. The molecule has 1 nitrogen and oxygen atoms in total. The maximum atomic E-state index is 4.44. The molecule has 0 bridgehead atoms. The Balaban J connectivity index is 1.59. The van der Waals surface area contributed by atoms with Gasteiger partial charge in [-0.15, -0.1) is 5.54 Å². The van der Waals surface area contributed by atoms with Crippen molar-refractivity contribution in [2.45, 2.75) is 0 Å². The van der Waals surface area contributed by atoms with Crippen LogP contribution in [0.4, 0.5) is 0 Å². The van der Waals surface area contributed by atoms with Gasteiger partial charge in [0, 0.05) is 23.5 Å². The van der Waals surface area contributed by atoms with Gasteiger partial charge in [0.1, 0.15) is 0 Å². The molecule has 0 saturated heterocycles. The van der Waals surface area contributed by atoms with Crippen LogP contribution >= 0.6 is 0 Å². The summed E-state index contributed by atoms with van der Waals surface area (Å²) in [5.74, 6) is 3.84. The molecule has 0 amide bonds. The summed E-state index contributed by atoms with van der Waals surface area (Å²) >= 11 is 0. The summed E-state index contributed by atoms with van der Waals surface area (Å²) < 4.78 is 0. The van der Waals surface area contributed by atoms with E-state index in [0.717, 1.165) is 21.9 Å². The van der Waals surface area contributed by atoms with Gasteiger partial charge >= 0.3 is 0 Å². The first-order chi connectivity index (χ1) is 20.4. The van der Waals surface area contributed by atoms with Crippen molar-refractivity contribution in [2.75, 3.05) is 0 Å². The van der Waals surface area contributed by atoms with Crippen LogP contribution < -0.4 is 15.6 Å². The molecule has 0 unspecified atom stereocenters. The van der Waals surface area contributed by atoms with Gasteiger partial charge in [-0.05, 0) is 48.7 Å². The van der Waals surface area contributed by atoms with E-state index in [0.29, 0.717) is 0 Å². The number of aromatic nitrogens is 1. The lowest BCUT2D eigenvalue weighted by molar-refractivity contribution is 1.33. The maximum Gasteiger partial charge on any atom is 0.230 e. The molecule has 0 radical (unpaired) electrons. The van der Waals surface area contributed by atoms with Crippen LogP contribution in [0.5, 0.6) is 0 Å². The highest BCUT2D eigenvalue weighted by Crippen LogP contribution is 2.38. The van der Waals surface area contributed by atoms with Gasteiger partial charge in [-0.2, -0.15) is 0 Å². The van der Waals surface area contributed by atoms with Gasteiger partial charge in [-0.1, -0.05) is 152 Å². The van der Waals surface area contributed by atoms with Crippen molar-refractivity contribution in [1.82, 2.24) is 4.98 Å². The zero-order chi connectivity index (χ0) is 27.5. The largest absolute Gasteiger partial charge is 0.264 e. The monoisotopic (exact) mass is 537 g/mol. The molecule has 1 heterocycles. The van der Waals surface area contributed by atoms with Crippen LogP contribution in [0, 0.1) is 11.5 Å². The standard InChI is InChI=1S/C39H27NSi/c1-4-16-31(17-5-1)41(32-18-6-2-7-19-32,33-20-8-3-9-21-33)28-26-36-34-22-10-12-24-37(34)39(30-15-14-27-40-29-30)38-25-13-11-23-35(36)38/h1-25,27,29H. The van der Waals surface area contributed by atoms with Crippen LogP contribution in [-0.4, -0.2) is 13.1 Å². The van der Waals surface area contributed by atoms with Crippen molar-refractivity contribution in [2.24, 2.45) is 0 Å². The van der Waals surface area contributed by atoms with E-state index in [1.165, 1.54) is 31.9 Å². The number of fused-ring (bicyclic) bond motifs is 2. The molecule has 0 aliphatic heterocycles. The van der Waals surface area contributed by atoms with Crippen molar-refractivity contribution in [3.05, 3.63) is 170 Å². The molecule has 6 aromatic carbocycles. The molecule has 0 fully saturated rings. The average Bonchev–Trinajstić information content (AvgIpc) is 3.06. The minimum Gasteiger partial charge on any atom is -0.264 e. The molecule has 7 rings (SSSR count). The Morgan fingerprint density at radius 1 is 0.439 bits per heavy atom. The molecule has 1 aromatic heterocycles. The zero-order valence-electron chi connectivity index (χ0n) is 22.5. The predicted molar refractivity (Wildman–Crippen MR) is 176 cm³/mol. The Labute approximate surface area is 241 Å². The first kappa shape index (κ1) is 24.8. The van der Waals surface area contributed by atoms with Gasteiger partial charge in [0.2, 0.25) is 8.07 Å². The zero-order valence-corrected chi connectivity index (χ0v) is 23.5. The van der Waals surface area contributed by atoms with E-state index in [1.807, 2.05) is 18.5 Å². The third-order valence-corrected chi connectivity index (χ3v) is 12.0. The van der Waals surface area contributed by atoms with Crippen LogP contribution in [-0.2, 0) is 0 Å². The second-order valence-corrected chi connectivity index (χ2v) is 13.7. The van der Waals surface area contributed by atoms with Gasteiger partial charge < -0.3 is 0 Å². The van der Waals surface area contributed by atoms with Crippen LogP contribution in [0.2, 0.25) is 0 Å². The average molecular weight is 538 g/mol. The lowest BCUT2D eigenvalue weighted by Gasteiger charge is -2.28. The van der Waals surface area contributed by atoms with E-state index in [4.69, 9.17) is 0 Å². The molecule has 7 aromatic rings. The Hall–Kier alpha value is -5.23. The SMILES string of the molecule is C(#C[Si](c1ccccc1)(c1ccccc1)c1ccccc1)c1c2ccccc2c(-c2cccnc2)c2ccccc12. The number of hydrogen-bond acceptors (Lipinski definition) is 1. The number of benzene rings is 6. The molecule has 0 atom stereocenters. The van der Waals surface area contributed by atoms with E-state index in [2.05, 4.69) is 162 Å². The highest BCUT2D eigenvalue weighted by atomic mass is 28.3. The van der Waals surface area contributed by atoms with Crippen LogP contribution in [0.25, 0.3) is 32.7 Å². The summed E-state index contributed by atoms with van der Waals surface area (Å²) in [6.45, 7) is 0. The van der Waals surface area contributed by atoms with E-state index in [1.54, 1.807) is 0 Å². The van der Waals surface area contributed by atoms with Gasteiger partial charge in [0.05, 0.1) is 0 Å². The van der Waals surface area contributed by atoms with Crippen LogP contribution in [0.1, 0.15) is 5.56 Å². The van der Waals surface area contributed by atoms with Gasteiger partial charge in [-0.3, -0.25) is 4.98 Å². The highest BCUT2D eigenvalue weighted by molar-refractivity contribution is 7.16. The van der Waals surface area contributed by atoms with E-state index >= 15 is 0 Å². The lowest BCUT2D eigenvalue weighted by atomic mass is 9.89. The second-order valence-electron chi connectivity index (χ2n) is 10.2. The van der Waals surface area contributed by atoms with Crippen molar-refractivity contribution in [1.29, 1.82) is 0 Å². The smallest absolute Gasteiger partial charge is 0.230 e. The Morgan fingerprint density at radius 3 is 1.32 bits per heavy atom.